The van der Waals surface area contributed by atoms with Crippen molar-refractivity contribution in [1.82, 2.24) is 0 Å². The quantitative estimate of drug-likeness (QED) is 0.141. The van der Waals surface area contributed by atoms with Crippen molar-refractivity contribution >= 4 is 102 Å². The van der Waals surface area contributed by atoms with Crippen LogP contribution in [0, 0.1) is 13.8 Å². The van der Waals surface area contributed by atoms with Gasteiger partial charge in [-0.25, -0.2) is 0 Å². The summed E-state index contributed by atoms with van der Waals surface area (Å²) in [6.07, 6.45) is 0. The van der Waals surface area contributed by atoms with Crippen molar-refractivity contribution in [3.8, 4) is 0 Å². The Bertz CT molecular complexity index is 3320. The first kappa shape index (κ1) is 38.4. The highest BCUT2D eigenvalue weighted by molar-refractivity contribution is 7.00. The van der Waals surface area contributed by atoms with Gasteiger partial charge in [-0.3, -0.25) is 0 Å². The number of benzene rings is 10. The summed E-state index contributed by atoms with van der Waals surface area (Å²) < 4.78 is 0. The lowest BCUT2D eigenvalue weighted by Gasteiger charge is -2.45. The first-order valence-corrected chi connectivity index (χ1v) is 22.5. The van der Waals surface area contributed by atoms with E-state index in [4.69, 9.17) is 0 Å². The van der Waals surface area contributed by atoms with Crippen LogP contribution < -0.4 is 36.0 Å². The van der Waals surface area contributed by atoms with Crippen LogP contribution in [0.5, 0.6) is 0 Å². The van der Waals surface area contributed by atoms with Gasteiger partial charge in [0.25, 0.3) is 6.71 Å². The fourth-order valence-electron chi connectivity index (χ4n) is 10.1. The van der Waals surface area contributed by atoms with E-state index in [-0.39, 0.29) is 6.71 Å². The van der Waals surface area contributed by atoms with Crippen molar-refractivity contribution in [1.29, 1.82) is 0 Å². The average Bonchev–Trinajstić information content (AvgIpc) is 3.35. The fourth-order valence-corrected chi connectivity index (χ4v) is 10.1. The number of fused-ring (bicyclic) bond motifs is 5. The molecule has 4 nitrogen and oxygen atoms in total. The third-order valence-corrected chi connectivity index (χ3v) is 13.0. The maximum absolute atomic E-state index is 2.52. The van der Waals surface area contributed by atoms with Crippen LogP contribution in [-0.4, -0.2) is 6.71 Å². The van der Waals surface area contributed by atoms with E-state index >= 15 is 0 Å². The third kappa shape index (κ3) is 6.63. The van der Waals surface area contributed by atoms with Gasteiger partial charge in [-0.1, -0.05) is 145 Å². The molecule has 2 aliphatic heterocycles. The maximum Gasteiger partial charge on any atom is 0.252 e. The molecule has 10 aromatic rings. The summed E-state index contributed by atoms with van der Waals surface area (Å²) in [5.74, 6) is 0. The second kappa shape index (κ2) is 15.8. The molecule has 12 rings (SSSR count). The van der Waals surface area contributed by atoms with E-state index in [2.05, 4.69) is 270 Å². The van der Waals surface area contributed by atoms with Crippen LogP contribution in [0.3, 0.4) is 0 Å². The van der Waals surface area contributed by atoms with Crippen LogP contribution in [0.25, 0.3) is 10.8 Å². The molecule has 0 atom stereocenters. The van der Waals surface area contributed by atoms with Crippen LogP contribution >= 0.6 is 0 Å². The van der Waals surface area contributed by atoms with Gasteiger partial charge < -0.3 is 19.6 Å². The summed E-state index contributed by atoms with van der Waals surface area (Å²) in [5, 5.41) is 2.43. The second-order valence-corrected chi connectivity index (χ2v) is 17.2. The fraction of sp³-hybridized carbons (Fsp3) is 0.0333. The van der Waals surface area contributed by atoms with E-state index < -0.39 is 0 Å². The summed E-state index contributed by atoms with van der Waals surface area (Å²) in [7, 11) is 0. The van der Waals surface area contributed by atoms with Gasteiger partial charge in [-0.2, -0.15) is 0 Å². The van der Waals surface area contributed by atoms with Crippen molar-refractivity contribution < 1.29 is 0 Å². The van der Waals surface area contributed by atoms with Gasteiger partial charge in [0, 0.05) is 62.6 Å². The second-order valence-electron chi connectivity index (χ2n) is 17.2. The molecule has 2 aliphatic rings. The van der Waals surface area contributed by atoms with E-state index in [0.717, 1.165) is 62.6 Å². The van der Waals surface area contributed by atoms with Crippen LogP contribution in [0.1, 0.15) is 11.1 Å². The van der Waals surface area contributed by atoms with E-state index in [9.17, 15) is 0 Å². The molecule has 0 saturated heterocycles. The Labute approximate surface area is 381 Å². The Balaban J connectivity index is 1.17. The standard InChI is InChI=1S/C60H45BN4/c1-42-27-31-50(32-28-42)64-56-36-29-43(2)37-55(56)61-54-35-34-52(63(48-23-11-5-12-24-48)51-33-30-44-17-15-16-18-45(44)38-51)39-57(54)65(49-25-13-6-14-26-49)59-41-53(40-58(64)60(59)61)62(46-19-7-3-8-20-46)47-21-9-4-10-22-47/h3-41H,1-2H3. The zero-order valence-corrected chi connectivity index (χ0v) is 36.4. The first-order chi connectivity index (χ1) is 32.1. The maximum atomic E-state index is 2.52. The van der Waals surface area contributed by atoms with Crippen LogP contribution in [0.4, 0.5) is 68.2 Å². The van der Waals surface area contributed by atoms with E-state index in [0.29, 0.717) is 0 Å². The van der Waals surface area contributed by atoms with Gasteiger partial charge in [0.1, 0.15) is 0 Å². The number of nitrogens with zero attached hydrogens (tertiary/aromatic N) is 4. The lowest BCUT2D eigenvalue weighted by Crippen LogP contribution is -2.61. The molecule has 10 aromatic carbocycles. The monoisotopic (exact) mass is 832 g/mol. The van der Waals surface area contributed by atoms with Gasteiger partial charge >= 0.3 is 0 Å². The molecular weight excluding hydrogens is 787 g/mol. The minimum Gasteiger partial charge on any atom is -0.311 e. The summed E-state index contributed by atoms with van der Waals surface area (Å²) >= 11 is 0. The molecule has 65 heavy (non-hydrogen) atoms. The van der Waals surface area contributed by atoms with Gasteiger partial charge in [0.05, 0.1) is 5.69 Å². The van der Waals surface area contributed by atoms with Crippen LogP contribution in [-0.2, 0) is 0 Å². The average molecular weight is 833 g/mol. The van der Waals surface area contributed by atoms with Gasteiger partial charge in [-0.05, 0) is 144 Å². The van der Waals surface area contributed by atoms with Crippen LogP contribution in [0.2, 0.25) is 0 Å². The van der Waals surface area contributed by atoms with E-state index in [1.165, 1.54) is 44.0 Å². The summed E-state index contributed by atoms with van der Waals surface area (Å²) in [4.78, 5) is 9.82. The number of para-hydroxylation sites is 4. The summed E-state index contributed by atoms with van der Waals surface area (Å²) in [5.41, 5.74) is 19.8. The molecule has 0 radical (unpaired) electrons. The van der Waals surface area contributed by atoms with Crippen molar-refractivity contribution in [3.63, 3.8) is 0 Å². The molecule has 2 heterocycles. The zero-order valence-electron chi connectivity index (χ0n) is 36.4. The van der Waals surface area contributed by atoms with Crippen molar-refractivity contribution in [3.05, 3.63) is 248 Å². The smallest absolute Gasteiger partial charge is 0.252 e. The highest BCUT2D eigenvalue weighted by atomic mass is 15.2. The van der Waals surface area contributed by atoms with Crippen molar-refractivity contribution in [2.45, 2.75) is 13.8 Å². The number of hydrogen-bond acceptors (Lipinski definition) is 4. The normalized spacial score (nSPS) is 12.4. The topological polar surface area (TPSA) is 13.0 Å². The molecule has 0 unspecified atom stereocenters. The van der Waals surface area contributed by atoms with Gasteiger partial charge in [0.2, 0.25) is 0 Å². The number of hydrogen-bond donors (Lipinski definition) is 0. The summed E-state index contributed by atoms with van der Waals surface area (Å²) in [6.45, 7) is 4.34. The van der Waals surface area contributed by atoms with Gasteiger partial charge in [-0.15, -0.1) is 0 Å². The molecule has 0 aromatic heterocycles. The van der Waals surface area contributed by atoms with Crippen LogP contribution in [0.15, 0.2) is 237 Å². The molecular formula is C60H45BN4. The molecule has 0 bridgehead atoms. The summed E-state index contributed by atoms with van der Waals surface area (Å²) in [6, 6.07) is 86.7. The predicted octanol–water partition coefficient (Wildman–Crippen LogP) is 14.5. The predicted molar refractivity (Wildman–Crippen MR) is 277 cm³/mol. The number of rotatable bonds is 8. The van der Waals surface area contributed by atoms with Crippen molar-refractivity contribution in [2.24, 2.45) is 0 Å². The van der Waals surface area contributed by atoms with Crippen molar-refractivity contribution in [2.75, 3.05) is 19.6 Å². The molecule has 308 valence electrons. The number of aryl methyl sites for hydroxylation is 2. The number of anilines is 12. The van der Waals surface area contributed by atoms with E-state index in [1.807, 2.05) is 0 Å². The molecule has 0 aliphatic carbocycles. The molecule has 0 N–H and O–H groups in total. The van der Waals surface area contributed by atoms with Gasteiger partial charge in [0.15, 0.2) is 0 Å². The Hall–Kier alpha value is -8.28. The molecule has 5 heteroatoms. The minimum atomic E-state index is -0.0394. The largest absolute Gasteiger partial charge is 0.311 e. The lowest BCUT2D eigenvalue weighted by molar-refractivity contribution is 1.22. The zero-order chi connectivity index (χ0) is 43.4. The Morgan fingerprint density at radius 3 is 1.42 bits per heavy atom. The highest BCUT2D eigenvalue weighted by Crippen LogP contribution is 2.49. The Kier molecular flexibility index (Phi) is 9.34. The molecule has 0 amide bonds. The molecule has 0 fully saturated rings. The first-order valence-electron chi connectivity index (χ1n) is 22.5. The third-order valence-electron chi connectivity index (χ3n) is 13.0. The SMILES string of the molecule is Cc1ccc(N2c3ccc(C)cc3B3c4ccc(N(c5ccccc5)c5ccc6ccccc6c5)cc4N(c4ccccc4)c4cc(N(c5ccccc5)c5ccccc5)cc2c43)cc1. The minimum absolute atomic E-state index is 0.0394. The molecule has 0 saturated carbocycles. The van der Waals surface area contributed by atoms with E-state index in [1.54, 1.807) is 0 Å². The lowest BCUT2D eigenvalue weighted by atomic mass is 9.33. The molecule has 0 spiro atoms. The Morgan fingerprint density at radius 2 is 0.785 bits per heavy atom. The Morgan fingerprint density at radius 1 is 0.308 bits per heavy atom. The highest BCUT2D eigenvalue weighted by Gasteiger charge is 2.44.